The predicted molar refractivity (Wildman–Crippen MR) is 65.8 cm³/mol. The molecule has 3 amide bonds. The topological polar surface area (TPSA) is 125 Å². The van der Waals surface area contributed by atoms with E-state index < -0.39 is 30.5 Å². The molecule has 0 radical (unpaired) electrons. The highest BCUT2D eigenvalue weighted by molar-refractivity contribution is 5.97. The predicted octanol–water partition coefficient (Wildman–Crippen LogP) is -0.175. The Hall–Kier alpha value is -2.90. The average Bonchev–Trinajstić information content (AvgIpc) is 2.43. The van der Waals surface area contributed by atoms with Crippen molar-refractivity contribution >= 4 is 23.9 Å². The van der Waals surface area contributed by atoms with Gasteiger partial charge in [0.25, 0.3) is 5.91 Å². The molecular formula is C12H12N2O6. The number of nitrogens with two attached hydrogens (primary N) is 1. The van der Waals surface area contributed by atoms with Crippen LogP contribution in [0.3, 0.4) is 0 Å². The van der Waals surface area contributed by atoms with Crippen molar-refractivity contribution in [2.24, 2.45) is 5.73 Å². The molecule has 0 heterocycles. The largest absolute Gasteiger partial charge is 0.465 e. The van der Waals surface area contributed by atoms with Crippen molar-refractivity contribution in [1.29, 1.82) is 0 Å². The number of benzene rings is 1. The van der Waals surface area contributed by atoms with E-state index in [-0.39, 0.29) is 11.1 Å². The SMILES string of the molecule is COC(=O)c1ccc(C(=O)OCC(=O)NC(N)=O)cc1. The van der Waals surface area contributed by atoms with Gasteiger partial charge < -0.3 is 15.2 Å². The molecule has 0 aliphatic heterocycles. The average molecular weight is 280 g/mol. The second-order valence-corrected chi connectivity index (χ2v) is 3.56. The fourth-order valence-corrected chi connectivity index (χ4v) is 1.25. The lowest BCUT2D eigenvalue weighted by atomic mass is 10.1. The van der Waals surface area contributed by atoms with E-state index in [0.717, 1.165) is 0 Å². The first-order chi connectivity index (χ1) is 9.43. The van der Waals surface area contributed by atoms with Crippen molar-refractivity contribution < 1.29 is 28.7 Å². The lowest BCUT2D eigenvalue weighted by Crippen LogP contribution is -2.37. The Kier molecular flexibility index (Phi) is 5.21. The molecule has 8 heteroatoms. The van der Waals surface area contributed by atoms with Crippen LogP contribution in [0.1, 0.15) is 20.7 Å². The summed E-state index contributed by atoms with van der Waals surface area (Å²) in [7, 11) is 1.24. The van der Waals surface area contributed by atoms with E-state index in [9.17, 15) is 19.2 Å². The number of esters is 2. The molecule has 1 aromatic rings. The van der Waals surface area contributed by atoms with Crippen LogP contribution in [0.5, 0.6) is 0 Å². The molecule has 0 aromatic heterocycles. The van der Waals surface area contributed by atoms with Gasteiger partial charge in [-0.3, -0.25) is 10.1 Å². The highest BCUT2D eigenvalue weighted by atomic mass is 16.5. The molecular weight excluding hydrogens is 268 g/mol. The van der Waals surface area contributed by atoms with Gasteiger partial charge in [-0.15, -0.1) is 0 Å². The molecule has 1 aromatic carbocycles. The minimum absolute atomic E-state index is 0.143. The minimum atomic E-state index is -1.03. The van der Waals surface area contributed by atoms with Crippen LogP contribution in [-0.4, -0.2) is 37.6 Å². The maximum Gasteiger partial charge on any atom is 0.338 e. The Balaban J connectivity index is 2.58. The Morgan fingerprint density at radius 3 is 2.00 bits per heavy atom. The number of imide groups is 1. The monoisotopic (exact) mass is 280 g/mol. The number of ether oxygens (including phenoxy) is 2. The van der Waals surface area contributed by atoms with Gasteiger partial charge in [-0.2, -0.15) is 0 Å². The van der Waals surface area contributed by atoms with Crippen molar-refractivity contribution in [2.75, 3.05) is 13.7 Å². The quantitative estimate of drug-likeness (QED) is 0.737. The smallest absolute Gasteiger partial charge is 0.338 e. The lowest BCUT2D eigenvalue weighted by molar-refractivity contribution is -0.123. The van der Waals surface area contributed by atoms with Crippen LogP contribution < -0.4 is 11.1 Å². The zero-order valence-corrected chi connectivity index (χ0v) is 10.5. The third kappa shape index (κ3) is 4.41. The van der Waals surface area contributed by atoms with Gasteiger partial charge in [-0.25, -0.2) is 14.4 Å². The highest BCUT2D eigenvalue weighted by Gasteiger charge is 2.12. The van der Waals surface area contributed by atoms with Gasteiger partial charge in [0, 0.05) is 0 Å². The molecule has 3 N–H and O–H groups in total. The molecule has 8 nitrogen and oxygen atoms in total. The summed E-state index contributed by atoms with van der Waals surface area (Å²) in [6.45, 7) is -0.638. The third-order valence-electron chi connectivity index (χ3n) is 2.14. The Morgan fingerprint density at radius 1 is 1.05 bits per heavy atom. The minimum Gasteiger partial charge on any atom is -0.465 e. The molecule has 106 valence electrons. The first kappa shape index (κ1) is 15.2. The van der Waals surface area contributed by atoms with Crippen molar-refractivity contribution in [3.8, 4) is 0 Å². The van der Waals surface area contributed by atoms with Crippen molar-refractivity contribution in [3.05, 3.63) is 35.4 Å². The zero-order chi connectivity index (χ0) is 15.1. The Morgan fingerprint density at radius 2 is 1.55 bits per heavy atom. The molecule has 0 bridgehead atoms. The number of carbonyl (C=O) groups is 4. The van der Waals surface area contributed by atoms with Crippen LogP contribution in [0.2, 0.25) is 0 Å². The number of nitrogens with one attached hydrogen (secondary N) is 1. The number of urea groups is 1. The molecule has 0 aliphatic carbocycles. The van der Waals surface area contributed by atoms with Crippen LogP contribution in [0.4, 0.5) is 4.79 Å². The van der Waals surface area contributed by atoms with E-state index in [1.165, 1.54) is 31.4 Å². The fraction of sp³-hybridized carbons (Fsp3) is 0.167. The number of primary amides is 1. The van der Waals surface area contributed by atoms with Crippen LogP contribution in [0.15, 0.2) is 24.3 Å². The van der Waals surface area contributed by atoms with E-state index in [2.05, 4.69) is 9.47 Å². The van der Waals surface area contributed by atoms with Crippen LogP contribution in [0.25, 0.3) is 0 Å². The summed E-state index contributed by atoms with van der Waals surface area (Å²) in [4.78, 5) is 44.1. The lowest BCUT2D eigenvalue weighted by Gasteiger charge is -2.05. The molecule has 1 rings (SSSR count). The molecule has 0 spiro atoms. The summed E-state index contributed by atoms with van der Waals surface area (Å²) in [5.74, 6) is -2.15. The van der Waals surface area contributed by atoms with Gasteiger partial charge in [-0.1, -0.05) is 0 Å². The Bertz CT molecular complexity index is 537. The second-order valence-electron chi connectivity index (χ2n) is 3.56. The van der Waals surface area contributed by atoms with E-state index >= 15 is 0 Å². The number of methoxy groups -OCH3 is 1. The van der Waals surface area contributed by atoms with Gasteiger partial charge in [0.15, 0.2) is 6.61 Å². The van der Waals surface area contributed by atoms with Gasteiger partial charge in [0.05, 0.1) is 18.2 Å². The van der Waals surface area contributed by atoms with Crippen LogP contribution in [-0.2, 0) is 14.3 Å². The maximum atomic E-state index is 11.6. The van der Waals surface area contributed by atoms with Crippen LogP contribution >= 0.6 is 0 Å². The number of rotatable bonds is 4. The van der Waals surface area contributed by atoms with E-state index in [1.54, 1.807) is 5.32 Å². The first-order valence-corrected chi connectivity index (χ1v) is 5.39. The summed E-state index contributed by atoms with van der Waals surface area (Å²) >= 11 is 0. The highest BCUT2D eigenvalue weighted by Crippen LogP contribution is 2.07. The molecule has 20 heavy (non-hydrogen) atoms. The molecule has 0 saturated heterocycles. The van der Waals surface area contributed by atoms with Crippen molar-refractivity contribution in [1.82, 2.24) is 5.32 Å². The summed E-state index contributed by atoms with van der Waals surface area (Å²) < 4.78 is 9.14. The first-order valence-electron chi connectivity index (χ1n) is 5.39. The van der Waals surface area contributed by atoms with Gasteiger partial charge in [0.1, 0.15) is 0 Å². The number of hydrogen-bond donors (Lipinski definition) is 2. The zero-order valence-electron chi connectivity index (χ0n) is 10.5. The molecule has 0 aliphatic rings. The van der Waals surface area contributed by atoms with E-state index in [0.29, 0.717) is 0 Å². The molecule has 0 unspecified atom stereocenters. The second kappa shape index (κ2) is 6.88. The van der Waals surface area contributed by atoms with Gasteiger partial charge in [-0.05, 0) is 24.3 Å². The normalized spacial score (nSPS) is 9.45. The molecule has 0 atom stereocenters. The summed E-state index contributed by atoms with van der Waals surface area (Å²) in [6.07, 6.45) is 0. The Labute approximate surface area is 113 Å². The van der Waals surface area contributed by atoms with Gasteiger partial charge in [0.2, 0.25) is 0 Å². The third-order valence-corrected chi connectivity index (χ3v) is 2.14. The van der Waals surface area contributed by atoms with Crippen molar-refractivity contribution in [2.45, 2.75) is 0 Å². The van der Waals surface area contributed by atoms with E-state index in [4.69, 9.17) is 5.73 Å². The number of carbonyl (C=O) groups excluding carboxylic acids is 4. The van der Waals surface area contributed by atoms with Crippen LogP contribution in [0, 0.1) is 0 Å². The summed E-state index contributed by atoms with van der Waals surface area (Å²) in [5.41, 5.74) is 5.13. The number of amides is 3. The number of hydrogen-bond acceptors (Lipinski definition) is 6. The molecule has 0 fully saturated rings. The van der Waals surface area contributed by atoms with Gasteiger partial charge >= 0.3 is 18.0 Å². The standard InChI is InChI=1S/C12H12N2O6/c1-19-10(16)7-2-4-8(5-3-7)11(17)20-6-9(15)14-12(13)18/h2-5H,6H2,1H3,(H3,13,14,15,18). The maximum absolute atomic E-state index is 11.6. The summed E-state index contributed by atoms with van der Waals surface area (Å²) in [6, 6.07) is 4.42. The fourth-order valence-electron chi connectivity index (χ4n) is 1.25. The van der Waals surface area contributed by atoms with Crippen molar-refractivity contribution in [3.63, 3.8) is 0 Å². The van der Waals surface area contributed by atoms with E-state index in [1.807, 2.05) is 0 Å². The summed E-state index contributed by atoms with van der Waals surface area (Å²) in [5, 5.41) is 1.74. The molecule has 0 saturated carbocycles.